The predicted octanol–water partition coefficient (Wildman–Crippen LogP) is 3.11. The van der Waals surface area contributed by atoms with Crippen molar-refractivity contribution in [3.05, 3.63) is 17.3 Å². The maximum absolute atomic E-state index is 12.6. The second-order valence-electron chi connectivity index (χ2n) is 5.60. The molecular weight excluding hydrogens is 313 g/mol. The Balaban J connectivity index is 1.92. The highest BCUT2D eigenvalue weighted by Crippen LogP contribution is 2.34. The summed E-state index contributed by atoms with van der Waals surface area (Å²) < 4.78 is 37.7. The van der Waals surface area contributed by atoms with E-state index in [0.717, 1.165) is 49.5 Å². The molecule has 4 nitrogen and oxygen atoms in total. The summed E-state index contributed by atoms with van der Waals surface area (Å²) in [6.45, 7) is 1.60. The molecule has 0 amide bonds. The van der Waals surface area contributed by atoms with E-state index in [9.17, 15) is 13.2 Å². The summed E-state index contributed by atoms with van der Waals surface area (Å²) in [5.74, 6) is 0.726. The quantitative estimate of drug-likeness (QED) is 0.919. The Morgan fingerprint density at radius 2 is 2.09 bits per heavy atom. The van der Waals surface area contributed by atoms with Gasteiger partial charge in [-0.1, -0.05) is 0 Å². The SMILES string of the molecule is NC1CCCN(c2ncnc3sc(CC(F)(F)F)cc23)CC1. The van der Waals surface area contributed by atoms with Crippen LogP contribution in [0.4, 0.5) is 19.0 Å². The zero-order valence-corrected chi connectivity index (χ0v) is 12.8. The molecule has 3 heterocycles. The number of hydrogen-bond acceptors (Lipinski definition) is 5. The van der Waals surface area contributed by atoms with Crippen LogP contribution in [0, 0.1) is 0 Å². The lowest BCUT2D eigenvalue weighted by Crippen LogP contribution is -2.27. The Morgan fingerprint density at radius 3 is 2.86 bits per heavy atom. The van der Waals surface area contributed by atoms with E-state index in [0.29, 0.717) is 10.2 Å². The number of nitrogens with zero attached hydrogens (tertiary/aromatic N) is 3. The van der Waals surface area contributed by atoms with Crippen LogP contribution in [0.1, 0.15) is 24.1 Å². The largest absolute Gasteiger partial charge is 0.393 e. The Morgan fingerprint density at radius 1 is 1.27 bits per heavy atom. The first-order chi connectivity index (χ1) is 10.4. The molecule has 1 unspecified atom stereocenters. The molecule has 0 spiro atoms. The lowest BCUT2D eigenvalue weighted by molar-refractivity contribution is -0.126. The Labute approximate surface area is 130 Å². The summed E-state index contributed by atoms with van der Waals surface area (Å²) in [6, 6.07) is 1.76. The molecule has 1 aliphatic heterocycles. The van der Waals surface area contributed by atoms with Crippen LogP contribution in [0.25, 0.3) is 10.2 Å². The lowest BCUT2D eigenvalue weighted by atomic mass is 10.1. The fraction of sp³-hybridized carbons (Fsp3) is 0.571. The van der Waals surface area contributed by atoms with Gasteiger partial charge in [-0.2, -0.15) is 13.2 Å². The van der Waals surface area contributed by atoms with Gasteiger partial charge in [-0.25, -0.2) is 9.97 Å². The first kappa shape index (κ1) is 15.5. The highest BCUT2D eigenvalue weighted by Gasteiger charge is 2.29. The standard InChI is InChI=1S/C14H17F3N4S/c15-14(16,17)7-10-6-11-12(19-8-20-13(11)22-10)21-4-1-2-9(18)3-5-21/h6,8-9H,1-5,7,18H2. The van der Waals surface area contributed by atoms with Crippen molar-refractivity contribution >= 4 is 27.4 Å². The van der Waals surface area contributed by atoms with Gasteiger partial charge in [0.15, 0.2) is 0 Å². The van der Waals surface area contributed by atoms with Crippen molar-refractivity contribution in [3.63, 3.8) is 0 Å². The predicted molar refractivity (Wildman–Crippen MR) is 81.2 cm³/mol. The third-order valence-electron chi connectivity index (χ3n) is 3.81. The van der Waals surface area contributed by atoms with Crippen LogP contribution >= 0.6 is 11.3 Å². The van der Waals surface area contributed by atoms with Gasteiger partial charge in [0.2, 0.25) is 0 Å². The van der Waals surface area contributed by atoms with Crippen molar-refractivity contribution in [2.45, 2.75) is 37.9 Å². The molecule has 8 heteroatoms. The lowest BCUT2D eigenvalue weighted by Gasteiger charge is -2.21. The van der Waals surface area contributed by atoms with E-state index in [4.69, 9.17) is 5.73 Å². The van der Waals surface area contributed by atoms with E-state index < -0.39 is 12.6 Å². The van der Waals surface area contributed by atoms with E-state index in [1.54, 1.807) is 6.07 Å². The molecule has 2 N–H and O–H groups in total. The van der Waals surface area contributed by atoms with Crippen LogP contribution in [0.5, 0.6) is 0 Å². The number of anilines is 1. The Bertz CT molecular complexity index is 655. The van der Waals surface area contributed by atoms with Crippen molar-refractivity contribution in [2.24, 2.45) is 5.73 Å². The van der Waals surface area contributed by atoms with Crippen molar-refractivity contribution in [1.29, 1.82) is 0 Å². The smallest absolute Gasteiger partial charge is 0.356 e. The molecule has 22 heavy (non-hydrogen) atoms. The van der Waals surface area contributed by atoms with E-state index in [1.807, 2.05) is 0 Å². The average Bonchev–Trinajstić information content (AvgIpc) is 2.69. The van der Waals surface area contributed by atoms with Crippen molar-refractivity contribution in [3.8, 4) is 0 Å². The second-order valence-corrected chi connectivity index (χ2v) is 6.71. The Hall–Kier alpha value is -1.41. The van der Waals surface area contributed by atoms with Crippen LogP contribution in [-0.4, -0.2) is 35.3 Å². The molecule has 0 radical (unpaired) electrons. The summed E-state index contributed by atoms with van der Waals surface area (Å²) >= 11 is 1.09. The van der Waals surface area contributed by atoms with Crippen LogP contribution < -0.4 is 10.6 Å². The van der Waals surface area contributed by atoms with Crippen LogP contribution in [0.2, 0.25) is 0 Å². The molecule has 1 fully saturated rings. The second kappa shape index (κ2) is 6.00. The summed E-state index contributed by atoms with van der Waals surface area (Å²) in [5.41, 5.74) is 5.98. The summed E-state index contributed by atoms with van der Waals surface area (Å²) in [4.78, 5) is 11.4. The van der Waals surface area contributed by atoms with Crippen LogP contribution in [0.15, 0.2) is 12.4 Å². The van der Waals surface area contributed by atoms with Crippen molar-refractivity contribution < 1.29 is 13.2 Å². The molecule has 1 atom stereocenters. The number of fused-ring (bicyclic) bond motifs is 1. The summed E-state index contributed by atoms with van der Waals surface area (Å²) in [7, 11) is 0. The number of aromatic nitrogens is 2. The van der Waals surface area contributed by atoms with Crippen LogP contribution in [0.3, 0.4) is 0 Å². The molecular formula is C14H17F3N4S. The highest BCUT2D eigenvalue weighted by molar-refractivity contribution is 7.18. The molecule has 1 saturated heterocycles. The van der Waals surface area contributed by atoms with E-state index in [1.165, 1.54) is 6.33 Å². The fourth-order valence-electron chi connectivity index (χ4n) is 2.76. The monoisotopic (exact) mass is 330 g/mol. The third-order valence-corrected chi connectivity index (χ3v) is 4.85. The molecule has 0 aliphatic carbocycles. The van der Waals surface area contributed by atoms with Gasteiger partial charge in [0.25, 0.3) is 0 Å². The number of alkyl halides is 3. The van der Waals surface area contributed by atoms with E-state index in [-0.39, 0.29) is 10.9 Å². The van der Waals surface area contributed by atoms with Gasteiger partial charge in [-0.15, -0.1) is 11.3 Å². The Kier molecular flexibility index (Phi) is 4.22. The molecule has 3 rings (SSSR count). The maximum Gasteiger partial charge on any atom is 0.393 e. The molecule has 2 aromatic rings. The topological polar surface area (TPSA) is 55.0 Å². The fourth-order valence-corrected chi connectivity index (χ4v) is 3.78. The summed E-state index contributed by atoms with van der Waals surface area (Å²) in [6.07, 6.45) is -0.899. The minimum Gasteiger partial charge on any atom is -0.356 e. The normalized spacial score (nSPS) is 20.4. The zero-order chi connectivity index (χ0) is 15.7. The molecule has 0 saturated carbocycles. The van der Waals surface area contributed by atoms with Crippen molar-refractivity contribution in [1.82, 2.24) is 9.97 Å². The minimum atomic E-state index is -4.20. The van der Waals surface area contributed by atoms with Gasteiger partial charge in [-0.3, -0.25) is 0 Å². The zero-order valence-electron chi connectivity index (χ0n) is 11.9. The molecule has 120 valence electrons. The van der Waals surface area contributed by atoms with Gasteiger partial charge in [0.05, 0.1) is 11.8 Å². The van der Waals surface area contributed by atoms with E-state index >= 15 is 0 Å². The number of rotatable bonds is 2. The van der Waals surface area contributed by atoms with Gasteiger partial charge in [0, 0.05) is 24.0 Å². The molecule has 0 bridgehead atoms. The summed E-state index contributed by atoms with van der Waals surface area (Å²) in [5, 5.41) is 0.710. The first-order valence-electron chi connectivity index (χ1n) is 7.23. The van der Waals surface area contributed by atoms with Crippen LogP contribution in [-0.2, 0) is 6.42 Å². The van der Waals surface area contributed by atoms with Crippen molar-refractivity contribution in [2.75, 3.05) is 18.0 Å². The molecule has 1 aliphatic rings. The maximum atomic E-state index is 12.6. The van der Waals surface area contributed by atoms with Gasteiger partial charge in [0.1, 0.15) is 17.0 Å². The molecule has 0 aromatic carbocycles. The van der Waals surface area contributed by atoms with Gasteiger partial charge >= 0.3 is 6.18 Å². The number of halogens is 3. The average molecular weight is 330 g/mol. The van der Waals surface area contributed by atoms with Gasteiger partial charge < -0.3 is 10.6 Å². The first-order valence-corrected chi connectivity index (χ1v) is 8.05. The highest BCUT2D eigenvalue weighted by atomic mass is 32.1. The number of nitrogens with two attached hydrogens (primary N) is 1. The minimum absolute atomic E-state index is 0.186. The van der Waals surface area contributed by atoms with Gasteiger partial charge in [-0.05, 0) is 25.3 Å². The third kappa shape index (κ3) is 3.49. The molecule has 2 aromatic heterocycles. The van der Waals surface area contributed by atoms with E-state index in [2.05, 4.69) is 14.9 Å². The number of hydrogen-bond donors (Lipinski definition) is 1. The number of thiophene rings is 1.